The second kappa shape index (κ2) is 27.0. The van der Waals surface area contributed by atoms with Gasteiger partial charge in [0.05, 0.1) is 12.2 Å². The van der Waals surface area contributed by atoms with Crippen molar-refractivity contribution < 1.29 is 28.4 Å². The van der Waals surface area contributed by atoms with Crippen LogP contribution in [0.4, 0.5) is 10.1 Å². The number of likely N-dealkylation sites (tertiary alicyclic amines) is 1. The summed E-state index contributed by atoms with van der Waals surface area (Å²) >= 11 is 5.78. The van der Waals surface area contributed by atoms with Crippen LogP contribution in [0.15, 0.2) is 91.1 Å². The third kappa shape index (κ3) is 15.9. The summed E-state index contributed by atoms with van der Waals surface area (Å²) in [6, 6.07) is 21.4. The minimum Gasteiger partial charge on any atom is -0.366 e. The lowest BCUT2D eigenvalue weighted by atomic mass is 9.96. The maximum Gasteiger partial charge on any atom is 0.274 e. The number of aryl methyl sites for hydroxylation is 2. The van der Waals surface area contributed by atoms with Crippen molar-refractivity contribution in [2.24, 2.45) is 11.7 Å². The molecule has 4 aromatic rings. The number of hydrogen-bond acceptors (Lipinski definition) is 9. The molecule has 3 fully saturated rings. The Hall–Kier alpha value is -6.29. The normalized spacial score (nSPS) is 15.7. The highest BCUT2D eigenvalue weighted by Crippen LogP contribution is 2.27. The highest BCUT2D eigenvalue weighted by Gasteiger charge is 2.29. The van der Waals surface area contributed by atoms with Crippen LogP contribution in [0.25, 0.3) is 11.1 Å². The lowest BCUT2D eigenvalue weighted by Gasteiger charge is -2.39. The first-order valence-electron chi connectivity index (χ1n) is 23.7. The predicted molar refractivity (Wildman–Crippen MR) is 271 cm³/mol. The van der Waals surface area contributed by atoms with E-state index in [2.05, 4.69) is 39.2 Å². The van der Waals surface area contributed by atoms with Crippen molar-refractivity contribution in [2.75, 3.05) is 89.7 Å². The van der Waals surface area contributed by atoms with E-state index >= 15 is 0 Å². The maximum absolute atomic E-state index is 13.6. The summed E-state index contributed by atoms with van der Waals surface area (Å²) in [7, 11) is 0. The Morgan fingerprint density at radius 1 is 0.812 bits per heavy atom. The van der Waals surface area contributed by atoms with Gasteiger partial charge in [-0.25, -0.2) is 9.37 Å². The SMILES string of the molecule is C/C=C\C.CCc1cccc(-c2cnc(C(=O)N3CCN(CC4CCN(CC(=O)N5CCN(C=O)CC5)CC4)CC3)c(NC(=O)CCl)c2)c1.Cc1cc(CC(=N)c2ccccc2C(N)=O)ccc1F. The number of allylic oxidation sites excluding steroid dienone is 2. The summed E-state index contributed by atoms with van der Waals surface area (Å²) in [5.41, 5.74) is 11.4. The van der Waals surface area contributed by atoms with E-state index in [1.54, 1.807) is 54.4 Å². The second-order valence-electron chi connectivity index (χ2n) is 17.5. The highest BCUT2D eigenvalue weighted by atomic mass is 35.5. The lowest BCUT2D eigenvalue weighted by Crippen LogP contribution is -2.52. The minimum atomic E-state index is -0.555. The van der Waals surface area contributed by atoms with Gasteiger partial charge >= 0.3 is 0 Å². The first-order valence-corrected chi connectivity index (χ1v) is 24.3. The lowest BCUT2D eigenvalue weighted by molar-refractivity contribution is -0.136. The van der Waals surface area contributed by atoms with E-state index in [-0.39, 0.29) is 40.8 Å². The molecule has 0 spiro atoms. The quantitative estimate of drug-likeness (QED) is 0.0543. The molecule has 5 amide bonds. The zero-order valence-corrected chi connectivity index (χ0v) is 41.1. The Kier molecular flexibility index (Phi) is 21.0. The number of nitrogens with one attached hydrogen (secondary N) is 2. The molecule has 3 aliphatic rings. The number of amides is 5. The van der Waals surface area contributed by atoms with E-state index in [0.29, 0.717) is 80.5 Å². The van der Waals surface area contributed by atoms with Crippen molar-refractivity contribution in [3.63, 3.8) is 0 Å². The average molecular weight is 965 g/mol. The number of piperazine rings is 2. The predicted octanol–water partition coefficient (Wildman–Crippen LogP) is 6.68. The first-order chi connectivity index (χ1) is 33.3. The number of nitrogens with zero attached hydrogens (tertiary/aromatic N) is 6. The second-order valence-corrected chi connectivity index (χ2v) is 17.8. The fraction of sp³-hybridized carbons (Fsp3) is 0.415. The number of rotatable bonds is 14. The van der Waals surface area contributed by atoms with Gasteiger partial charge in [0, 0.05) is 93.9 Å². The van der Waals surface area contributed by atoms with E-state index in [1.165, 1.54) is 11.6 Å². The van der Waals surface area contributed by atoms with Gasteiger partial charge in [0.25, 0.3) is 5.91 Å². The van der Waals surface area contributed by atoms with Crippen LogP contribution in [-0.4, -0.2) is 150 Å². The molecule has 3 aromatic carbocycles. The number of nitrogens with two attached hydrogens (primary N) is 1. The largest absolute Gasteiger partial charge is 0.366 e. The molecule has 4 heterocycles. The number of piperidine rings is 1. The summed E-state index contributed by atoms with van der Waals surface area (Å²) in [6.07, 6.45) is 9.88. The zero-order chi connectivity index (χ0) is 49.9. The van der Waals surface area contributed by atoms with Crippen molar-refractivity contribution in [2.45, 2.75) is 53.4 Å². The summed E-state index contributed by atoms with van der Waals surface area (Å²) < 4.78 is 13.2. The number of carbonyl (C=O) groups is 5. The molecule has 0 saturated carbocycles. The zero-order valence-electron chi connectivity index (χ0n) is 40.4. The summed E-state index contributed by atoms with van der Waals surface area (Å²) in [5, 5.41) is 10.9. The van der Waals surface area contributed by atoms with Crippen LogP contribution in [0.2, 0.25) is 0 Å². The van der Waals surface area contributed by atoms with Crippen molar-refractivity contribution in [1.29, 1.82) is 5.41 Å². The third-order valence-corrected chi connectivity index (χ3v) is 12.9. The Labute approximate surface area is 411 Å². The number of aromatic nitrogens is 1. The van der Waals surface area contributed by atoms with Gasteiger partial charge in [-0.3, -0.25) is 33.8 Å². The fourth-order valence-corrected chi connectivity index (χ4v) is 8.53. The number of anilines is 1. The molecule has 7 rings (SSSR count). The Bertz CT molecular complexity index is 2420. The van der Waals surface area contributed by atoms with Crippen LogP contribution < -0.4 is 11.1 Å². The fourth-order valence-electron chi connectivity index (χ4n) is 8.46. The average Bonchev–Trinajstić information content (AvgIpc) is 3.38. The number of halogens is 2. The first kappa shape index (κ1) is 53.7. The standard InChI is InChI=1S/C33H44ClN7O4.C16H15FN2O.C4H8/c1-2-25-4-3-5-27(18-25)28-19-29(36-30(43)20-34)32(35-21-28)33(45)41-16-10-38(11-17-41)22-26-6-8-37(9-7-26)23-31(44)40-14-12-39(24-42)13-15-40;1-10-8-11(6-7-14(10)17)9-15(18)12-4-2-3-5-13(12)16(19)20;1-3-4-2/h3-5,18-19,21,24,26H,2,6-17,20,22-23H2,1H3,(H,36,43);2-8,18H,9H2,1H3,(H2,19,20);3-4H,1-2H3/b;;4-3-. The molecule has 4 N–H and O–H groups in total. The van der Waals surface area contributed by atoms with Crippen LogP contribution >= 0.6 is 11.6 Å². The Balaban J connectivity index is 0.000000306. The van der Waals surface area contributed by atoms with Gasteiger partial charge in [-0.2, -0.15) is 0 Å². The molecule has 14 nitrogen and oxygen atoms in total. The monoisotopic (exact) mass is 963 g/mol. The minimum absolute atomic E-state index is 0.153. The molecule has 0 unspecified atom stereocenters. The molecular formula is C53H67ClFN9O5. The number of alkyl halides is 1. The van der Waals surface area contributed by atoms with Crippen LogP contribution in [0, 0.1) is 24.1 Å². The molecule has 3 saturated heterocycles. The van der Waals surface area contributed by atoms with E-state index in [4.69, 9.17) is 22.7 Å². The van der Waals surface area contributed by atoms with Gasteiger partial charge in [0.15, 0.2) is 5.69 Å². The molecule has 0 aliphatic carbocycles. The van der Waals surface area contributed by atoms with Crippen LogP contribution in [0.1, 0.15) is 76.7 Å². The van der Waals surface area contributed by atoms with Crippen LogP contribution in [-0.2, 0) is 27.2 Å². The van der Waals surface area contributed by atoms with Crippen molar-refractivity contribution in [1.82, 2.24) is 29.5 Å². The molecule has 0 radical (unpaired) electrons. The van der Waals surface area contributed by atoms with Crippen molar-refractivity contribution in [3.8, 4) is 11.1 Å². The van der Waals surface area contributed by atoms with E-state index < -0.39 is 5.91 Å². The Morgan fingerprint density at radius 3 is 2.09 bits per heavy atom. The van der Waals surface area contributed by atoms with E-state index in [1.807, 2.05) is 54.0 Å². The molecule has 16 heteroatoms. The third-order valence-electron chi connectivity index (χ3n) is 12.7. The summed E-state index contributed by atoms with van der Waals surface area (Å²) in [6.45, 7) is 16.2. The maximum atomic E-state index is 13.6. The Morgan fingerprint density at radius 2 is 1.48 bits per heavy atom. The molecule has 1 aromatic heterocycles. The van der Waals surface area contributed by atoms with Gasteiger partial charge < -0.3 is 31.2 Å². The van der Waals surface area contributed by atoms with E-state index in [0.717, 1.165) is 75.1 Å². The van der Waals surface area contributed by atoms with Gasteiger partial charge in [-0.05, 0) is 99.5 Å². The number of carbonyl (C=O) groups excluding carboxylic acids is 5. The van der Waals surface area contributed by atoms with Crippen LogP contribution in [0.5, 0.6) is 0 Å². The number of hydrogen-bond donors (Lipinski definition) is 3. The van der Waals surface area contributed by atoms with Gasteiger partial charge in [-0.1, -0.05) is 73.7 Å². The van der Waals surface area contributed by atoms with Crippen LogP contribution in [0.3, 0.4) is 0 Å². The van der Waals surface area contributed by atoms with Gasteiger partial charge in [0.2, 0.25) is 24.1 Å². The summed E-state index contributed by atoms with van der Waals surface area (Å²) in [4.78, 5) is 75.5. The number of primary amides is 1. The number of pyridine rings is 1. The van der Waals surface area contributed by atoms with Crippen molar-refractivity contribution >= 4 is 53.0 Å². The van der Waals surface area contributed by atoms with Gasteiger partial charge in [-0.15, -0.1) is 11.6 Å². The molecule has 0 bridgehead atoms. The summed E-state index contributed by atoms with van der Waals surface area (Å²) in [5.74, 6) is -0.897. The van der Waals surface area contributed by atoms with Crippen molar-refractivity contribution in [3.05, 3.63) is 130 Å². The highest BCUT2D eigenvalue weighted by molar-refractivity contribution is 6.29. The topological polar surface area (TPSA) is 176 Å². The van der Waals surface area contributed by atoms with Gasteiger partial charge in [0.1, 0.15) is 11.7 Å². The molecule has 3 aliphatic heterocycles. The smallest absolute Gasteiger partial charge is 0.274 e. The molecule has 0 atom stereocenters. The number of benzene rings is 3. The molecular weight excluding hydrogens is 897 g/mol. The molecule has 368 valence electrons. The van der Waals surface area contributed by atoms with E-state index in [9.17, 15) is 28.4 Å². The molecule has 69 heavy (non-hydrogen) atoms.